The summed E-state index contributed by atoms with van der Waals surface area (Å²) in [5, 5.41) is 11.4. The average Bonchev–Trinajstić information content (AvgIpc) is 3.20. The summed E-state index contributed by atoms with van der Waals surface area (Å²) in [6.45, 7) is 2.62. The van der Waals surface area contributed by atoms with Crippen molar-refractivity contribution < 1.29 is 33.6 Å². The minimum atomic E-state index is -0.943. The van der Waals surface area contributed by atoms with Crippen molar-refractivity contribution in [1.82, 2.24) is 9.88 Å². The molecule has 1 aromatic heterocycles. The Labute approximate surface area is 221 Å². The molecule has 0 saturated carbocycles. The number of carbonyl (C=O) groups excluding carboxylic acids is 2. The molecular formula is C29H30N2O7. The summed E-state index contributed by atoms with van der Waals surface area (Å²) in [6, 6.07) is 14.4. The van der Waals surface area contributed by atoms with Gasteiger partial charge in [0.15, 0.2) is 11.5 Å². The predicted octanol–water partition coefficient (Wildman–Crippen LogP) is 4.52. The molecule has 198 valence electrons. The van der Waals surface area contributed by atoms with E-state index in [0.29, 0.717) is 46.4 Å². The van der Waals surface area contributed by atoms with Crippen molar-refractivity contribution in [3.05, 3.63) is 83.2 Å². The fourth-order valence-electron chi connectivity index (χ4n) is 4.40. The average molecular weight is 519 g/mol. The highest BCUT2D eigenvalue weighted by atomic mass is 16.5. The summed E-state index contributed by atoms with van der Waals surface area (Å²) in [5.74, 6) is -0.149. The van der Waals surface area contributed by atoms with Crippen molar-refractivity contribution in [3.63, 3.8) is 0 Å². The van der Waals surface area contributed by atoms with Crippen LogP contribution in [0.3, 0.4) is 0 Å². The normalized spacial score (nSPS) is 16.4. The van der Waals surface area contributed by atoms with Crippen LogP contribution in [0.5, 0.6) is 23.0 Å². The van der Waals surface area contributed by atoms with Gasteiger partial charge >= 0.3 is 0 Å². The molecule has 3 aromatic rings. The van der Waals surface area contributed by atoms with Crippen LogP contribution in [0.2, 0.25) is 0 Å². The van der Waals surface area contributed by atoms with E-state index >= 15 is 0 Å². The second-order valence-electron chi connectivity index (χ2n) is 8.58. The van der Waals surface area contributed by atoms with Gasteiger partial charge in [0.1, 0.15) is 11.5 Å². The first-order valence-corrected chi connectivity index (χ1v) is 12.1. The number of Topliss-reactive ketones (excluding diaryl/α,β-unsaturated/α-hetero) is 1. The number of aliphatic hydroxyl groups is 1. The van der Waals surface area contributed by atoms with Crippen LogP contribution in [-0.2, 0) is 16.1 Å². The molecule has 0 aliphatic carbocycles. The number of ketones is 1. The maximum atomic E-state index is 13.4. The SMILES string of the molecule is CCCOc1ccc(/C(O)=C2\C(=O)C(=O)N(Cc3ccccn3)C2c2cc(OC)c(OC)c(OC)c2)cc1. The standard InChI is InChI=1S/C29H30N2O7/c1-5-14-38-21-11-9-18(10-12-21)26(32)24-25(19-15-22(35-2)28(37-4)23(16-19)36-3)31(29(34)27(24)33)17-20-8-6-7-13-30-20/h6-13,15-16,25,32H,5,14,17H2,1-4H3/b26-24+. The van der Waals surface area contributed by atoms with E-state index in [2.05, 4.69) is 4.98 Å². The number of nitrogens with zero attached hydrogens (tertiary/aromatic N) is 2. The molecule has 0 spiro atoms. The molecule has 38 heavy (non-hydrogen) atoms. The number of hydrogen-bond acceptors (Lipinski definition) is 8. The quantitative estimate of drug-likeness (QED) is 0.237. The van der Waals surface area contributed by atoms with E-state index < -0.39 is 17.7 Å². The number of aliphatic hydroxyl groups excluding tert-OH is 1. The molecule has 1 aliphatic rings. The van der Waals surface area contributed by atoms with E-state index in [9.17, 15) is 14.7 Å². The third-order valence-electron chi connectivity index (χ3n) is 6.20. The molecule has 1 aliphatic heterocycles. The van der Waals surface area contributed by atoms with Crippen LogP contribution in [0.4, 0.5) is 0 Å². The Bertz CT molecular complexity index is 1310. The van der Waals surface area contributed by atoms with Crippen LogP contribution in [0, 0.1) is 0 Å². The van der Waals surface area contributed by atoms with E-state index in [4.69, 9.17) is 18.9 Å². The molecule has 9 heteroatoms. The van der Waals surface area contributed by atoms with Gasteiger partial charge in [0.2, 0.25) is 5.75 Å². The van der Waals surface area contributed by atoms with Crippen molar-refractivity contribution >= 4 is 17.4 Å². The molecule has 2 aromatic carbocycles. The van der Waals surface area contributed by atoms with E-state index in [1.54, 1.807) is 60.8 Å². The van der Waals surface area contributed by atoms with Crippen LogP contribution in [-0.4, -0.2) is 54.6 Å². The van der Waals surface area contributed by atoms with Crippen molar-refractivity contribution in [3.8, 4) is 23.0 Å². The fourth-order valence-corrected chi connectivity index (χ4v) is 4.40. The van der Waals surface area contributed by atoms with Crippen molar-refractivity contribution in [1.29, 1.82) is 0 Å². The zero-order valence-electron chi connectivity index (χ0n) is 21.8. The van der Waals surface area contributed by atoms with Gasteiger partial charge in [0.05, 0.1) is 51.8 Å². The lowest BCUT2D eigenvalue weighted by Crippen LogP contribution is -2.29. The van der Waals surface area contributed by atoms with Crippen LogP contribution >= 0.6 is 0 Å². The monoisotopic (exact) mass is 518 g/mol. The number of likely N-dealkylation sites (tertiary alicyclic amines) is 1. The molecular weight excluding hydrogens is 488 g/mol. The highest BCUT2D eigenvalue weighted by molar-refractivity contribution is 6.46. The van der Waals surface area contributed by atoms with E-state index in [-0.39, 0.29) is 17.9 Å². The second-order valence-corrected chi connectivity index (χ2v) is 8.58. The summed E-state index contributed by atoms with van der Waals surface area (Å²) in [6.07, 6.45) is 2.47. The highest BCUT2D eigenvalue weighted by Gasteiger charge is 2.46. The zero-order valence-corrected chi connectivity index (χ0v) is 21.8. The number of rotatable bonds is 10. The summed E-state index contributed by atoms with van der Waals surface area (Å²) < 4.78 is 22.1. The molecule has 1 fully saturated rings. The molecule has 1 unspecified atom stereocenters. The maximum Gasteiger partial charge on any atom is 0.296 e. The van der Waals surface area contributed by atoms with Crippen LogP contribution in [0.15, 0.2) is 66.4 Å². The number of aromatic nitrogens is 1. The lowest BCUT2D eigenvalue weighted by molar-refractivity contribution is -0.140. The smallest absolute Gasteiger partial charge is 0.296 e. The van der Waals surface area contributed by atoms with Crippen molar-refractivity contribution in [2.75, 3.05) is 27.9 Å². The van der Waals surface area contributed by atoms with Crippen LogP contribution in [0.25, 0.3) is 5.76 Å². The van der Waals surface area contributed by atoms with Gasteiger partial charge in [-0.2, -0.15) is 0 Å². The predicted molar refractivity (Wildman–Crippen MR) is 140 cm³/mol. The maximum absolute atomic E-state index is 13.4. The molecule has 0 bridgehead atoms. The Kier molecular flexibility index (Phi) is 8.15. The Balaban J connectivity index is 1.88. The number of methoxy groups -OCH3 is 3. The Hall–Kier alpha value is -4.53. The third-order valence-corrected chi connectivity index (χ3v) is 6.20. The summed E-state index contributed by atoms with van der Waals surface area (Å²) in [5.41, 5.74) is 1.41. The molecule has 2 heterocycles. The molecule has 1 atom stereocenters. The minimum Gasteiger partial charge on any atom is -0.507 e. The summed E-state index contributed by atoms with van der Waals surface area (Å²) >= 11 is 0. The number of pyridine rings is 1. The van der Waals surface area contributed by atoms with Gasteiger partial charge in [-0.15, -0.1) is 0 Å². The fraction of sp³-hybridized carbons (Fsp3) is 0.276. The van der Waals surface area contributed by atoms with Crippen LogP contribution < -0.4 is 18.9 Å². The molecule has 1 amide bonds. The molecule has 1 saturated heterocycles. The van der Waals surface area contributed by atoms with Gasteiger partial charge in [0, 0.05) is 11.8 Å². The molecule has 4 rings (SSSR count). The van der Waals surface area contributed by atoms with Gasteiger partial charge in [-0.3, -0.25) is 14.6 Å². The lowest BCUT2D eigenvalue weighted by Gasteiger charge is -2.26. The minimum absolute atomic E-state index is 0.0489. The molecule has 9 nitrogen and oxygen atoms in total. The number of ether oxygens (including phenoxy) is 4. The first kappa shape index (κ1) is 26.5. The van der Waals surface area contributed by atoms with E-state index in [1.807, 2.05) is 6.92 Å². The summed E-state index contributed by atoms with van der Waals surface area (Å²) in [4.78, 5) is 32.4. The van der Waals surface area contributed by atoms with E-state index in [1.165, 1.54) is 26.2 Å². The highest BCUT2D eigenvalue weighted by Crippen LogP contribution is 2.46. The number of benzene rings is 2. The molecule has 0 radical (unpaired) electrons. The van der Waals surface area contributed by atoms with Gasteiger partial charge in [-0.25, -0.2) is 0 Å². The van der Waals surface area contributed by atoms with E-state index in [0.717, 1.165) is 6.42 Å². The second kappa shape index (κ2) is 11.7. The van der Waals surface area contributed by atoms with Gasteiger partial charge < -0.3 is 29.0 Å². The number of carbonyl (C=O) groups is 2. The topological polar surface area (TPSA) is 107 Å². The Morgan fingerprint density at radius 2 is 1.66 bits per heavy atom. The van der Waals surface area contributed by atoms with Crippen LogP contribution in [0.1, 0.15) is 36.2 Å². The molecule has 1 N–H and O–H groups in total. The third kappa shape index (κ3) is 5.13. The van der Waals surface area contributed by atoms with Gasteiger partial charge in [-0.1, -0.05) is 13.0 Å². The van der Waals surface area contributed by atoms with Gasteiger partial charge in [-0.05, 0) is 60.5 Å². The lowest BCUT2D eigenvalue weighted by atomic mass is 9.94. The van der Waals surface area contributed by atoms with Crippen molar-refractivity contribution in [2.45, 2.75) is 25.9 Å². The number of amides is 1. The Morgan fingerprint density at radius 1 is 0.974 bits per heavy atom. The number of hydrogen-bond donors (Lipinski definition) is 1. The Morgan fingerprint density at radius 3 is 2.21 bits per heavy atom. The first-order valence-electron chi connectivity index (χ1n) is 12.1. The van der Waals surface area contributed by atoms with Crippen molar-refractivity contribution in [2.24, 2.45) is 0 Å². The first-order chi connectivity index (χ1) is 18.4. The zero-order chi connectivity index (χ0) is 27.2. The summed E-state index contributed by atoms with van der Waals surface area (Å²) in [7, 11) is 4.45. The van der Waals surface area contributed by atoms with Gasteiger partial charge in [0.25, 0.3) is 11.7 Å². The largest absolute Gasteiger partial charge is 0.507 e.